The highest BCUT2D eigenvalue weighted by Crippen LogP contribution is 2.25. The van der Waals surface area contributed by atoms with Crippen LogP contribution in [0.2, 0.25) is 0 Å². The molecule has 0 aromatic carbocycles. The second kappa shape index (κ2) is 6.19. The average molecular weight is 288 g/mol. The number of hydrogen-bond donors (Lipinski definition) is 1. The molecule has 112 valence electrons. The molecule has 3 heterocycles. The van der Waals surface area contributed by atoms with Crippen molar-refractivity contribution >= 4 is 5.82 Å². The van der Waals surface area contributed by atoms with E-state index in [1.807, 2.05) is 31.2 Å². The summed E-state index contributed by atoms with van der Waals surface area (Å²) in [5, 5.41) is 3.07. The lowest BCUT2D eigenvalue weighted by Crippen LogP contribution is -2.38. The summed E-state index contributed by atoms with van der Waals surface area (Å²) < 4.78 is 7.84. The van der Waals surface area contributed by atoms with Crippen LogP contribution in [0.5, 0.6) is 0 Å². The van der Waals surface area contributed by atoms with Crippen LogP contribution in [0.3, 0.4) is 0 Å². The molecule has 1 fully saturated rings. The van der Waals surface area contributed by atoms with E-state index in [0.717, 1.165) is 36.8 Å². The van der Waals surface area contributed by atoms with Gasteiger partial charge in [0.2, 0.25) is 0 Å². The van der Waals surface area contributed by atoms with Crippen LogP contribution >= 0.6 is 0 Å². The van der Waals surface area contributed by atoms with E-state index >= 15 is 0 Å². The number of nitrogens with zero attached hydrogens (tertiary/aromatic N) is 5. The lowest BCUT2D eigenvalue weighted by Gasteiger charge is -2.32. The Morgan fingerprint density at radius 3 is 2.95 bits per heavy atom. The molecule has 7 nitrogen and oxygen atoms in total. The predicted octanol–water partition coefficient (Wildman–Crippen LogP) is 0.825. The highest BCUT2D eigenvalue weighted by atomic mass is 16.5. The summed E-state index contributed by atoms with van der Waals surface area (Å²) in [5.74, 6) is 0.780. The van der Waals surface area contributed by atoms with Crippen LogP contribution in [0.25, 0.3) is 0 Å². The summed E-state index contributed by atoms with van der Waals surface area (Å²) in [6, 6.07) is 0. The molecule has 0 bridgehead atoms. The van der Waals surface area contributed by atoms with E-state index in [9.17, 15) is 0 Å². The van der Waals surface area contributed by atoms with Gasteiger partial charge in [-0.05, 0) is 0 Å². The highest BCUT2D eigenvalue weighted by molar-refractivity contribution is 5.40. The molecule has 1 unspecified atom stereocenters. The molecule has 2 aromatic heterocycles. The third-order valence-corrected chi connectivity index (χ3v) is 3.56. The number of rotatable bonds is 4. The Hall–Kier alpha value is -1.99. The quantitative estimate of drug-likeness (QED) is 0.898. The van der Waals surface area contributed by atoms with Crippen LogP contribution in [0, 0.1) is 0 Å². The highest BCUT2D eigenvalue weighted by Gasteiger charge is 2.25. The van der Waals surface area contributed by atoms with Crippen molar-refractivity contribution in [2.45, 2.75) is 12.6 Å². The Balaban J connectivity index is 1.70. The summed E-state index contributed by atoms with van der Waals surface area (Å²) in [7, 11) is 3.83. The van der Waals surface area contributed by atoms with Crippen LogP contribution < -0.4 is 5.32 Å². The van der Waals surface area contributed by atoms with Crippen LogP contribution in [0.4, 0.5) is 5.82 Å². The van der Waals surface area contributed by atoms with Crippen LogP contribution in [0.15, 0.2) is 24.9 Å². The van der Waals surface area contributed by atoms with Crippen molar-refractivity contribution in [3.05, 3.63) is 36.3 Å². The number of aromatic nitrogens is 4. The van der Waals surface area contributed by atoms with Crippen molar-refractivity contribution in [2.24, 2.45) is 7.05 Å². The first-order valence-corrected chi connectivity index (χ1v) is 7.05. The Kier molecular flexibility index (Phi) is 4.12. The Bertz CT molecular complexity index is 599. The first-order valence-electron chi connectivity index (χ1n) is 7.05. The van der Waals surface area contributed by atoms with Crippen molar-refractivity contribution in [3.8, 4) is 0 Å². The van der Waals surface area contributed by atoms with E-state index in [1.165, 1.54) is 0 Å². The third-order valence-electron chi connectivity index (χ3n) is 3.56. The van der Waals surface area contributed by atoms with Gasteiger partial charge < -0.3 is 14.6 Å². The predicted molar refractivity (Wildman–Crippen MR) is 78.8 cm³/mol. The van der Waals surface area contributed by atoms with Gasteiger partial charge >= 0.3 is 0 Å². The monoisotopic (exact) mass is 288 g/mol. The topological polar surface area (TPSA) is 68.1 Å². The van der Waals surface area contributed by atoms with E-state index < -0.39 is 0 Å². The maximum Gasteiger partial charge on any atom is 0.150 e. The van der Waals surface area contributed by atoms with Gasteiger partial charge in [-0.3, -0.25) is 9.88 Å². The molecule has 1 atom stereocenters. The van der Waals surface area contributed by atoms with Crippen LogP contribution in [-0.2, 0) is 18.3 Å². The van der Waals surface area contributed by atoms with Crippen LogP contribution in [0.1, 0.15) is 17.5 Å². The van der Waals surface area contributed by atoms with Gasteiger partial charge in [-0.15, -0.1) is 0 Å². The second-order valence-corrected chi connectivity index (χ2v) is 5.17. The zero-order chi connectivity index (χ0) is 14.7. The molecule has 1 aliphatic heterocycles. The zero-order valence-corrected chi connectivity index (χ0v) is 12.4. The number of imidazole rings is 1. The minimum absolute atomic E-state index is 0.0568. The Morgan fingerprint density at radius 2 is 2.19 bits per heavy atom. The average Bonchev–Trinajstić information content (AvgIpc) is 2.92. The second-order valence-electron chi connectivity index (χ2n) is 5.17. The molecule has 0 radical (unpaired) electrons. The number of nitrogens with one attached hydrogen (secondary N) is 1. The number of aryl methyl sites for hydroxylation is 1. The molecule has 21 heavy (non-hydrogen) atoms. The fourth-order valence-corrected chi connectivity index (χ4v) is 2.57. The third kappa shape index (κ3) is 3.20. The SMILES string of the molecule is CNc1nccnc1C1CN(Cc2cn(C)cn2)CCO1. The van der Waals surface area contributed by atoms with Gasteiger partial charge in [-0.1, -0.05) is 0 Å². The molecule has 1 N–H and O–H groups in total. The van der Waals surface area contributed by atoms with Gasteiger partial charge in [-0.25, -0.2) is 9.97 Å². The number of ether oxygens (including phenoxy) is 1. The van der Waals surface area contributed by atoms with E-state index in [1.54, 1.807) is 12.4 Å². The molecule has 2 aromatic rings. The largest absolute Gasteiger partial charge is 0.372 e. The maximum atomic E-state index is 5.87. The first kappa shape index (κ1) is 14.0. The van der Waals surface area contributed by atoms with Crippen molar-refractivity contribution in [1.82, 2.24) is 24.4 Å². The lowest BCUT2D eigenvalue weighted by atomic mass is 10.2. The van der Waals surface area contributed by atoms with Crippen LogP contribution in [-0.4, -0.2) is 51.2 Å². The first-order chi connectivity index (χ1) is 10.3. The molecular weight excluding hydrogens is 268 g/mol. The van der Waals surface area contributed by atoms with Gasteiger partial charge in [0.1, 0.15) is 17.6 Å². The van der Waals surface area contributed by atoms with E-state index in [2.05, 4.69) is 25.2 Å². The van der Waals surface area contributed by atoms with Gasteiger partial charge in [0, 0.05) is 52.3 Å². The van der Waals surface area contributed by atoms with Gasteiger partial charge in [0.05, 0.1) is 18.6 Å². The fourth-order valence-electron chi connectivity index (χ4n) is 2.57. The van der Waals surface area contributed by atoms with Crippen molar-refractivity contribution in [1.29, 1.82) is 0 Å². The molecule has 1 saturated heterocycles. The Morgan fingerprint density at radius 1 is 1.33 bits per heavy atom. The molecule has 1 aliphatic rings. The summed E-state index contributed by atoms with van der Waals surface area (Å²) in [6.45, 7) is 3.22. The molecule has 0 saturated carbocycles. The Labute approximate surface area is 124 Å². The minimum atomic E-state index is -0.0568. The molecule has 7 heteroatoms. The molecule has 0 amide bonds. The van der Waals surface area contributed by atoms with E-state index in [-0.39, 0.29) is 6.10 Å². The van der Waals surface area contributed by atoms with E-state index in [0.29, 0.717) is 6.61 Å². The van der Waals surface area contributed by atoms with Crippen molar-refractivity contribution < 1.29 is 4.74 Å². The molecular formula is C14H20N6O. The number of anilines is 1. The zero-order valence-electron chi connectivity index (χ0n) is 12.4. The minimum Gasteiger partial charge on any atom is -0.372 e. The summed E-state index contributed by atoms with van der Waals surface area (Å²) in [4.78, 5) is 15.4. The molecule has 3 rings (SSSR count). The maximum absolute atomic E-state index is 5.87. The standard InChI is InChI=1S/C14H20N6O/c1-15-14-13(16-3-4-17-14)12-9-20(5-6-21-12)8-11-7-19(2)10-18-11/h3-4,7,10,12H,5-6,8-9H2,1-2H3,(H,15,17). The number of morpholine rings is 1. The smallest absolute Gasteiger partial charge is 0.150 e. The van der Waals surface area contributed by atoms with Gasteiger partial charge in [0.25, 0.3) is 0 Å². The fraction of sp³-hybridized carbons (Fsp3) is 0.500. The summed E-state index contributed by atoms with van der Waals surface area (Å²) >= 11 is 0. The summed E-state index contributed by atoms with van der Waals surface area (Å²) in [6.07, 6.45) is 7.21. The number of hydrogen-bond acceptors (Lipinski definition) is 6. The van der Waals surface area contributed by atoms with E-state index in [4.69, 9.17) is 4.74 Å². The normalized spacial score (nSPS) is 19.6. The summed E-state index contributed by atoms with van der Waals surface area (Å²) in [5.41, 5.74) is 1.94. The van der Waals surface area contributed by atoms with Crippen molar-refractivity contribution in [2.75, 3.05) is 32.1 Å². The molecule has 0 aliphatic carbocycles. The molecule has 0 spiro atoms. The van der Waals surface area contributed by atoms with Gasteiger partial charge in [-0.2, -0.15) is 0 Å². The van der Waals surface area contributed by atoms with Crippen molar-refractivity contribution in [3.63, 3.8) is 0 Å². The lowest BCUT2D eigenvalue weighted by molar-refractivity contribution is -0.0350. The van der Waals surface area contributed by atoms with Gasteiger partial charge in [0.15, 0.2) is 0 Å².